The Morgan fingerprint density at radius 2 is 1.57 bits per heavy atom. The average molecular weight is 339 g/mol. The number of nitrogens with zero attached hydrogens (tertiary/aromatic N) is 2. The summed E-state index contributed by atoms with van der Waals surface area (Å²) in [6.45, 7) is 5.40. The fourth-order valence-corrected chi connectivity index (χ4v) is 5.35. The number of hydrogen-bond acceptors (Lipinski definition) is 4. The summed E-state index contributed by atoms with van der Waals surface area (Å²) in [5, 5.41) is 0. The van der Waals surface area contributed by atoms with Gasteiger partial charge in [0.15, 0.2) is 0 Å². The summed E-state index contributed by atoms with van der Waals surface area (Å²) in [4.78, 5) is 0. The van der Waals surface area contributed by atoms with Crippen LogP contribution in [0.2, 0.25) is 0 Å². The summed E-state index contributed by atoms with van der Waals surface area (Å²) in [7, 11) is -3.49. The minimum Gasteiger partial charge on any atom is -0.373 e. The molecule has 2 aliphatic rings. The lowest BCUT2D eigenvalue weighted by Crippen LogP contribution is -2.52. The van der Waals surface area contributed by atoms with Gasteiger partial charge in [0.1, 0.15) is 0 Å². The van der Waals surface area contributed by atoms with E-state index >= 15 is 0 Å². The first-order chi connectivity index (χ1) is 10.9. The lowest BCUT2D eigenvalue weighted by molar-refractivity contribution is -0.0453. The summed E-state index contributed by atoms with van der Waals surface area (Å²) < 4.78 is 34.6. The minimum absolute atomic E-state index is 0.0434. The lowest BCUT2D eigenvalue weighted by Gasteiger charge is -2.36. The maximum Gasteiger partial charge on any atom is 0.282 e. The molecule has 1 aromatic rings. The van der Waals surface area contributed by atoms with Crippen LogP contribution < -0.4 is 5.73 Å². The van der Waals surface area contributed by atoms with Gasteiger partial charge in [-0.15, -0.1) is 0 Å². The molecule has 23 heavy (non-hydrogen) atoms. The Bertz CT molecular complexity index is 627. The minimum atomic E-state index is -3.49. The van der Waals surface area contributed by atoms with E-state index in [1.54, 1.807) is 0 Å². The van der Waals surface area contributed by atoms with Crippen molar-refractivity contribution in [3.05, 3.63) is 35.9 Å². The van der Waals surface area contributed by atoms with Crippen LogP contribution in [0.1, 0.15) is 25.3 Å². The molecule has 2 saturated heterocycles. The normalized spacial score (nSPS) is 33.9. The highest BCUT2D eigenvalue weighted by atomic mass is 32.2. The van der Waals surface area contributed by atoms with Crippen LogP contribution in [0.5, 0.6) is 0 Å². The summed E-state index contributed by atoms with van der Waals surface area (Å²) in [5.74, 6) is 0.0434. The van der Waals surface area contributed by atoms with E-state index in [1.165, 1.54) is 8.61 Å². The second-order valence-electron chi connectivity index (χ2n) is 6.58. The SMILES string of the molecule is CC1CN(S(=O)(=O)N2C[C@@H](N)[C@H](c3ccccc3)C2)CC(C)O1. The van der Waals surface area contributed by atoms with Gasteiger partial charge in [-0.3, -0.25) is 0 Å². The standard InChI is InChI=1S/C16H25N3O3S/c1-12-8-18(9-13(2)22-12)23(20,21)19-10-15(16(17)11-19)14-6-4-3-5-7-14/h3-7,12-13,15-16H,8-11,17H2,1-2H3/t12?,13?,15-,16+/m0/s1. The highest BCUT2D eigenvalue weighted by Gasteiger charge is 2.42. The Morgan fingerprint density at radius 1 is 1.00 bits per heavy atom. The van der Waals surface area contributed by atoms with E-state index in [-0.39, 0.29) is 24.2 Å². The topological polar surface area (TPSA) is 75.9 Å². The molecular weight excluding hydrogens is 314 g/mol. The van der Waals surface area contributed by atoms with E-state index in [4.69, 9.17) is 10.5 Å². The molecule has 7 heteroatoms. The molecule has 6 nitrogen and oxygen atoms in total. The zero-order valence-electron chi connectivity index (χ0n) is 13.6. The molecule has 128 valence electrons. The van der Waals surface area contributed by atoms with Crippen molar-refractivity contribution >= 4 is 10.2 Å². The van der Waals surface area contributed by atoms with Crippen molar-refractivity contribution in [1.29, 1.82) is 0 Å². The summed E-state index contributed by atoms with van der Waals surface area (Å²) in [6.07, 6.45) is -0.176. The van der Waals surface area contributed by atoms with Crippen LogP contribution in [0.4, 0.5) is 0 Å². The maximum absolute atomic E-state index is 12.9. The highest BCUT2D eigenvalue weighted by Crippen LogP contribution is 2.30. The quantitative estimate of drug-likeness (QED) is 0.882. The molecule has 1 aromatic carbocycles. The third-order valence-corrected chi connectivity index (χ3v) is 6.50. The lowest BCUT2D eigenvalue weighted by atomic mass is 9.95. The molecule has 0 radical (unpaired) electrons. The summed E-state index contributed by atoms with van der Waals surface area (Å²) in [6, 6.07) is 9.73. The molecule has 4 atom stereocenters. The average Bonchev–Trinajstić information content (AvgIpc) is 2.90. The van der Waals surface area contributed by atoms with Gasteiger partial charge < -0.3 is 10.5 Å². The Balaban J connectivity index is 1.77. The molecule has 2 aliphatic heterocycles. The largest absolute Gasteiger partial charge is 0.373 e. The van der Waals surface area contributed by atoms with Gasteiger partial charge in [0.2, 0.25) is 0 Å². The summed E-state index contributed by atoms with van der Waals surface area (Å²) in [5.41, 5.74) is 7.33. The van der Waals surface area contributed by atoms with Crippen LogP contribution in [0.25, 0.3) is 0 Å². The van der Waals surface area contributed by atoms with Crippen molar-refractivity contribution in [3.8, 4) is 0 Å². The highest BCUT2D eigenvalue weighted by molar-refractivity contribution is 7.86. The fraction of sp³-hybridized carbons (Fsp3) is 0.625. The molecular formula is C16H25N3O3S. The van der Waals surface area contributed by atoms with E-state index in [1.807, 2.05) is 44.2 Å². The molecule has 0 aliphatic carbocycles. The molecule has 2 heterocycles. The molecule has 0 spiro atoms. The smallest absolute Gasteiger partial charge is 0.282 e. The number of morpholine rings is 1. The molecule has 0 aromatic heterocycles. The third-order valence-electron chi connectivity index (χ3n) is 4.60. The van der Waals surface area contributed by atoms with Crippen LogP contribution >= 0.6 is 0 Å². The van der Waals surface area contributed by atoms with Gasteiger partial charge >= 0.3 is 0 Å². The second kappa shape index (κ2) is 6.49. The second-order valence-corrected chi connectivity index (χ2v) is 8.51. The first-order valence-electron chi connectivity index (χ1n) is 8.09. The van der Waals surface area contributed by atoms with Crippen LogP contribution in [0, 0.1) is 0 Å². The van der Waals surface area contributed by atoms with Crippen molar-refractivity contribution in [2.75, 3.05) is 26.2 Å². The van der Waals surface area contributed by atoms with Gasteiger partial charge in [-0.2, -0.15) is 17.0 Å². The number of benzene rings is 1. The van der Waals surface area contributed by atoms with Gasteiger partial charge in [-0.1, -0.05) is 30.3 Å². The van der Waals surface area contributed by atoms with Crippen LogP contribution in [0.15, 0.2) is 30.3 Å². The molecule has 3 rings (SSSR count). The summed E-state index contributed by atoms with van der Waals surface area (Å²) >= 11 is 0. The van der Waals surface area contributed by atoms with Crippen LogP contribution in [-0.2, 0) is 14.9 Å². The molecule has 0 saturated carbocycles. The number of nitrogens with two attached hydrogens (primary N) is 1. The molecule has 2 fully saturated rings. The predicted octanol–water partition coefficient (Wildman–Crippen LogP) is 0.767. The van der Waals surface area contributed by atoms with Gasteiger partial charge in [-0.05, 0) is 19.4 Å². The van der Waals surface area contributed by atoms with Crippen molar-refractivity contribution < 1.29 is 13.2 Å². The zero-order valence-corrected chi connectivity index (χ0v) is 14.4. The monoisotopic (exact) mass is 339 g/mol. The molecule has 2 N–H and O–H groups in total. The zero-order chi connectivity index (χ0) is 16.6. The van der Waals surface area contributed by atoms with E-state index in [0.717, 1.165) is 5.56 Å². The third kappa shape index (κ3) is 3.44. The van der Waals surface area contributed by atoms with Crippen molar-refractivity contribution in [2.24, 2.45) is 5.73 Å². The first kappa shape index (κ1) is 16.9. The van der Waals surface area contributed by atoms with Gasteiger partial charge in [0.05, 0.1) is 12.2 Å². The van der Waals surface area contributed by atoms with E-state index < -0.39 is 10.2 Å². The molecule has 0 bridgehead atoms. The van der Waals surface area contributed by atoms with E-state index in [0.29, 0.717) is 26.2 Å². The number of rotatable bonds is 3. The first-order valence-corrected chi connectivity index (χ1v) is 9.49. The Hall–Kier alpha value is -0.990. The van der Waals surface area contributed by atoms with Crippen molar-refractivity contribution in [3.63, 3.8) is 0 Å². The molecule has 2 unspecified atom stereocenters. The number of hydrogen-bond donors (Lipinski definition) is 1. The van der Waals surface area contributed by atoms with Gasteiger partial charge in [0.25, 0.3) is 10.2 Å². The van der Waals surface area contributed by atoms with Crippen LogP contribution in [-0.4, -0.2) is 61.5 Å². The predicted molar refractivity (Wildman–Crippen MR) is 89.2 cm³/mol. The Labute approximate surface area is 138 Å². The van der Waals surface area contributed by atoms with E-state index in [9.17, 15) is 8.42 Å². The van der Waals surface area contributed by atoms with Crippen molar-refractivity contribution in [2.45, 2.75) is 38.0 Å². The fourth-order valence-electron chi connectivity index (χ4n) is 3.52. The van der Waals surface area contributed by atoms with Gasteiger partial charge in [0, 0.05) is 38.1 Å². The van der Waals surface area contributed by atoms with Gasteiger partial charge in [-0.25, -0.2) is 0 Å². The molecule has 0 amide bonds. The van der Waals surface area contributed by atoms with E-state index in [2.05, 4.69) is 0 Å². The maximum atomic E-state index is 12.9. The Kier molecular flexibility index (Phi) is 4.75. The Morgan fingerprint density at radius 3 is 2.17 bits per heavy atom. The van der Waals surface area contributed by atoms with Crippen molar-refractivity contribution in [1.82, 2.24) is 8.61 Å². The number of ether oxygens (including phenoxy) is 1. The van der Waals surface area contributed by atoms with Crippen LogP contribution in [0.3, 0.4) is 0 Å².